The van der Waals surface area contributed by atoms with Crippen molar-refractivity contribution in [1.82, 2.24) is 20.0 Å². The van der Waals surface area contributed by atoms with Crippen LogP contribution in [0.25, 0.3) is 0 Å². The summed E-state index contributed by atoms with van der Waals surface area (Å²) in [6, 6.07) is 11.2. The van der Waals surface area contributed by atoms with E-state index in [9.17, 15) is 9.59 Å². The highest BCUT2D eigenvalue weighted by molar-refractivity contribution is 7.10. The molecule has 2 amide bonds. The zero-order valence-electron chi connectivity index (χ0n) is 17.7. The van der Waals surface area contributed by atoms with E-state index < -0.39 is 5.92 Å². The van der Waals surface area contributed by atoms with E-state index in [0.717, 1.165) is 49.6 Å². The van der Waals surface area contributed by atoms with Crippen molar-refractivity contribution in [3.8, 4) is 0 Å². The number of nitrogens with zero attached hydrogens (tertiary/aromatic N) is 3. The molecule has 2 atom stereocenters. The van der Waals surface area contributed by atoms with Gasteiger partial charge in [0.1, 0.15) is 0 Å². The van der Waals surface area contributed by atoms with Crippen molar-refractivity contribution < 1.29 is 9.59 Å². The number of nitrogens with one attached hydrogen (secondary N) is 1. The second-order valence-electron chi connectivity index (χ2n) is 8.23. The Bertz CT molecular complexity index is 877. The van der Waals surface area contributed by atoms with Gasteiger partial charge in [-0.05, 0) is 43.1 Å². The highest BCUT2D eigenvalue weighted by atomic mass is 32.1. The fraction of sp³-hybridized carbons (Fsp3) is 0.478. The molecule has 30 heavy (non-hydrogen) atoms. The predicted octanol–water partition coefficient (Wildman–Crippen LogP) is 2.41. The maximum absolute atomic E-state index is 13.3. The summed E-state index contributed by atoms with van der Waals surface area (Å²) in [6.07, 6.45) is 0.933. The Morgan fingerprint density at radius 1 is 1.10 bits per heavy atom. The predicted molar refractivity (Wildman–Crippen MR) is 120 cm³/mol. The number of thiophene rings is 1. The lowest BCUT2D eigenvalue weighted by Gasteiger charge is -2.39. The quantitative estimate of drug-likeness (QED) is 0.721. The van der Waals surface area contributed by atoms with Gasteiger partial charge in [0.2, 0.25) is 5.91 Å². The zero-order chi connectivity index (χ0) is 21.1. The van der Waals surface area contributed by atoms with Crippen LogP contribution in [-0.2, 0) is 4.79 Å². The first-order valence-electron chi connectivity index (χ1n) is 10.6. The van der Waals surface area contributed by atoms with Crippen LogP contribution in [-0.4, -0.2) is 79.9 Å². The van der Waals surface area contributed by atoms with Crippen LogP contribution in [0.1, 0.15) is 39.2 Å². The maximum atomic E-state index is 13.3. The van der Waals surface area contributed by atoms with E-state index in [1.54, 1.807) is 23.3 Å². The van der Waals surface area contributed by atoms with E-state index in [2.05, 4.69) is 22.2 Å². The molecule has 0 bridgehead atoms. The van der Waals surface area contributed by atoms with Crippen molar-refractivity contribution in [2.75, 3.05) is 53.4 Å². The van der Waals surface area contributed by atoms with Gasteiger partial charge in [0, 0.05) is 50.2 Å². The molecule has 1 fully saturated rings. The largest absolute Gasteiger partial charge is 0.355 e. The topological polar surface area (TPSA) is 55.9 Å². The first-order valence-corrected chi connectivity index (χ1v) is 11.5. The van der Waals surface area contributed by atoms with Gasteiger partial charge in [-0.25, -0.2) is 0 Å². The van der Waals surface area contributed by atoms with Crippen LogP contribution in [0.4, 0.5) is 0 Å². The van der Waals surface area contributed by atoms with Gasteiger partial charge in [0.25, 0.3) is 5.91 Å². The maximum Gasteiger partial charge on any atom is 0.254 e. The number of hydrogen-bond donors (Lipinski definition) is 1. The van der Waals surface area contributed by atoms with E-state index in [1.807, 2.05) is 41.8 Å². The number of likely N-dealkylation sites (N-methyl/N-ethyl adjacent to an activating group) is 2. The molecule has 1 aromatic carbocycles. The molecule has 0 unspecified atom stereocenters. The Morgan fingerprint density at radius 2 is 1.87 bits per heavy atom. The van der Waals surface area contributed by atoms with E-state index in [1.165, 1.54) is 0 Å². The lowest BCUT2D eigenvalue weighted by atomic mass is 9.81. The SMILES string of the molecule is CN1CCN(CCCNC(=O)[C@H]2c3ccccc3C(=O)N(C)[C@H]2c2cccs2)CC1. The first-order chi connectivity index (χ1) is 14.6. The molecular formula is C23H30N4O2S. The van der Waals surface area contributed by atoms with Crippen LogP contribution in [0.5, 0.6) is 0 Å². The van der Waals surface area contributed by atoms with Crippen LogP contribution in [0.2, 0.25) is 0 Å². The second-order valence-corrected chi connectivity index (χ2v) is 9.21. The number of hydrogen-bond acceptors (Lipinski definition) is 5. The molecule has 7 heteroatoms. The normalized spacial score (nSPS) is 22.7. The first kappa shape index (κ1) is 21.0. The van der Waals surface area contributed by atoms with Gasteiger partial charge in [-0.1, -0.05) is 24.3 Å². The van der Waals surface area contributed by atoms with Gasteiger partial charge in [0.05, 0.1) is 12.0 Å². The monoisotopic (exact) mass is 426 g/mol. The lowest BCUT2D eigenvalue weighted by Crippen LogP contribution is -2.46. The number of carbonyl (C=O) groups excluding carboxylic acids is 2. The van der Waals surface area contributed by atoms with Gasteiger partial charge in [-0.15, -0.1) is 11.3 Å². The van der Waals surface area contributed by atoms with Crippen LogP contribution < -0.4 is 5.32 Å². The van der Waals surface area contributed by atoms with Crippen molar-refractivity contribution in [2.45, 2.75) is 18.4 Å². The lowest BCUT2D eigenvalue weighted by molar-refractivity contribution is -0.124. The van der Waals surface area contributed by atoms with Gasteiger partial charge in [-0.2, -0.15) is 0 Å². The molecule has 1 saturated heterocycles. The molecule has 2 aliphatic rings. The summed E-state index contributed by atoms with van der Waals surface area (Å²) >= 11 is 1.59. The molecule has 0 saturated carbocycles. The highest BCUT2D eigenvalue weighted by Gasteiger charge is 2.42. The second kappa shape index (κ2) is 9.29. The third kappa shape index (κ3) is 4.29. The van der Waals surface area contributed by atoms with Crippen molar-refractivity contribution in [2.24, 2.45) is 0 Å². The van der Waals surface area contributed by atoms with E-state index in [4.69, 9.17) is 0 Å². The summed E-state index contributed by atoms with van der Waals surface area (Å²) in [5.74, 6) is -0.423. The third-order valence-corrected chi connectivity index (χ3v) is 7.19. The van der Waals surface area contributed by atoms with E-state index >= 15 is 0 Å². The van der Waals surface area contributed by atoms with Crippen LogP contribution >= 0.6 is 11.3 Å². The summed E-state index contributed by atoms with van der Waals surface area (Å²) in [6.45, 7) is 6.05. The standard InChI is InChI=1S/C23H30N4O2S/c1-25-12-14-27(15-13-25)11-6-10-24-22(28)20-17-7-3-4-8-18(17)23(29)26(2)21(20)19-9-5-16-30-19/h3-5,7-9,16,20-21H,6,10-15H2,1-2H3,(H,24,28)/t20-,21-/m0/s1. The Labute approximate surface area is 182 Å². The van der Waals surface area contributed by atoms with Crippen LogP contribution in [0.3, 0.4) is 0 Å². The molecular weight excluding hydrogens is 396 g/mol. The van der Waals surface area contributed by atoms with Gasteiger partial charge < -0.3 is 20.0 Å². The number of carbonyl (C=O) groups is 2. The molecule has 1 N–H and O–H groups in total. The number of rotatable bonds is 6. The number of piperazine rings is 1. The molecule has 6 nitrogen and oxygen atoms in total. The highest BCUT2D eigenvalue weighted by Crippen LogP contribution is 2.43. The van der Waals surface area contributed by atoms with Gasteiger partial charge in [-0.3, -0.25) is 9.59 Å². The van der Waals surface area contributed by atoms with Crippen LogP contribution in [0.15, 0.2) is 41.8 Å². The Hall–Kier alpha value is -2.22. The average Bonchev–Trinajstić information content (AvgIpc) is 3.29. The Balaban J connectivity index is 1.46. The van der Waals surface area contributed by atoms with Crippen molar-refractivity contribution >= 4 is 23.2 Å². The van der Waals surface area contributed by atoms with Crippen molar-refractivity contribution in [1.29, 1.82) is 0 Å². The summed E-state index contributed by atoms with van der Waals surface area (Å²) in [4.78, 5) is 33.9. The molecule has 2 aromatic rings. The number of amides is 2. The van der Waals surface area contributed by atoms with Crippen molar-refractivity contribution in [3.63, 3.8) is 0 Å². The molecule has 2 aliphatic heterocycles. The molecule has 3 heterocycles. The summed E-state index contributed by atoms with van der Waals surface area (Å²) in [5, 5.41) is 5.16. The minimum Gasteiger partial charge on any atom is -0.355 e. The van der Waals surface area contributed by atoms with Crippen molar-refractivity contribution in [3.05, 3.63) is 57.8 Å². The smallest absolute Gasteiger partial charge is 0.254 e. The fourth-order valence-electron chi connectivity index (χ4n) is 4.47. The van der Waals surface area contributed by atoms with E-state index in [-0.39, 0.29) is 17.9 Å². The molecule has 0 radical (unpaired) electrons. The summed E-state index contributed by atoms with van der Waals surface area (Å²) in [7, 11) is 3.96. The minimum absolute atomic E-state index is 0.00132. The Morgan fingerprint density at radius 3 is 2.60 bits per heavy atom. The third-order valence-electron chi connectivity index (χ3n) is 6.24. The number of fused-ring (bicyclic) bond motifs is 1. The Kier molecular flexibility index (Phi) is 6.51. The van der Waals surface area contributed by atoms with E-state index in [0.29, 0.717) is 12.1 Å². The molecule has 4 rings (SSSR count). The fourth-order valence-corrected chi connectivity index (χ4v) is 5.37. The summed E-state index contributed by atoms with van der Waals surface area (Å²) < 4.78 is 0. The summed E-state index contributed by atoms with van der Waals surface area (Å²) in [5.41, 5.74) is 1.46. The average molecular weight is 427 g/mol. The van der Waals surface area contributed by atoms with Gasteiger partial charge in [0.15, 0.2) is 0 Å². The zero-order valence-corrected chi connectivity index (χ0v) is 18.5. The molecule has 1 aromatic heterocycles. The van der Waals surface area contributed by atoms with Gasteiger partial charge >= 0.3 is 0 Å². The molecule has 0 spiro atoms. The van der Waals surface area contributed by atoms with Crippen LogP contribution in [0, 0.1) is 0 Å². The minimum atomic E-state index is -0.397. The molecule has 0 aliphatic carbocycles. The molecule has 160 valence electrons. The number of benzene rings is 1.